The Hall–Kier alpha value is -2.19. The minimum absolute atomic E-state index is 0.0622. The maximum absolute atomic E-state index is 12.4. The fraction of sp³-hybridized carbons (Fsp3) is 0.167. The Labute approximate surface area is 119 Å². The van der Waals surface area contributed by atoms with E-state index in [0.29, 0.717) is 5.56 Å². The van der Waals surface area contributed by atoms with Crippen LogP contribution in [0.1, 0.15) is 22.8 Å². The summed E-state index contributed by atoms with van der Waals surface area (Å²) in [7, 11) is 0. The highest BCUT2D eigenvalue weighted by atomic mass is 16.3. The van der Waals surface area contributed by atoms with Gasteiger partial charge in [-0.15, -0.1) is 0 Å². The topological polar surface area (TPSA) is 37.3 Å². The molecule has 0 bridgehead atoms. The molecule has 0 aliphatic rings. The zero-order valence-corrected chi connectivity index (χ0v) is 11.4. The first-order chi connectivity index (χ1) is 9.68. The predicted molar refractivity (Wildman–Crippen MR) is 81.4 cm³/mol. The van der Waals surface area contributed by atoms with Gasteiger partial charge in [-0.1, -0.05) is 72.8 Å². The molecule has 0 aromatic heterocycles. The third-order valence-electron chi connectivity index (χ3n) is 3.18. The summed E-state index contributed by atoms with van der Waals surface area (Å²) in [4.78, 5) is 12.4. The molecule has 2 heteroatoms. The van der Waals surface area contributed by atoms with Crippen molar-refractivity contribution in [3.63, 3.8) is 0 Å². The third-order valence-corrected chi connectivity index (χ3v) is 3.18. The van der Waals surface area contributed by atoms with Gasteiger partial charge in [0, 0.05) is 5.56 Å². The lowest BCUT2D eigenvalue weighted by Gasteiger charge is -2.14. The van der Waals surface area contributed by atoms with Crippen molar-refractivity contribution in [1.29, 1.82) is 0 Å². The van der Waals surface area contributed by atoms with Crippen LogP contribution >= 0.6 is 0 Å². The second kappa shape index (κ2) is 6.83. The number of ketones is 1. The number of benzene rings is 2. The molecule has 0 fully saturated rings. The largest absolute Gasteiger partial charge is 0.392 e. The molecule has 1 N–H and O–H groups in total. The normalized spacial score (nSPS) is 14.1. The number of carbonyl (C=O) groups is 1. The van der Waals surface area contributed by atoms with Crippen LogP contribution in [0, 0.1) is 5.92 Å². The molecule has 2 nitrogen and oxygen atoms in total. The lowest BCUT2D eigenvalue weighted by Crippen LogP contribution is -2.24. The SMILES string of the molecule is CC(O)C(/C=C/c1ccccc1)C(=O)c1ccccc1. The van der Waals surface area contributed by atoms with Crippen molar-refractivity contribution in [2.45, 2.75) is 13.0 Å². The predicted octanol–water partition coefficient (Wildman–Crippen LogP) is 3.58. The number of rotatable bonds is 5. The minimum atomic E-state index is -0.720. The summed E-state index contributed by atoms with van der Waals surface area (Å²) < 4.78 is 0. The van der Waals surface area contributed by atoms with Crippen LogP contribution in [0.15, 0.2) is 66.7 Å². The third kappa shape index (κ3) is 3.65. The highest BCUT2D eigenvalue weighted by Crippen LogP contribution is 2.16. The van der Waals surface area contributed by atoms with Crippen LogP contribution in [0.5, 0.6) is 0 Å². The van der Waals surface area contributed by atoms with Crippen molar-refractivity contribution in [3.05, 3.63) is 77.9 Å². The first kappa shape index (κ1) is 14.2. The molecule has 0 radical (unpaired) electrons. The maximum atomic E-state index is 12.4. The zero-order chi connectivity index (χ0) is 14.4. The van der Waals surface area contributed by atoms with Crippen molar-refractivity contribution < 1.29 is 9.90 Å². The van der Waals surface area contributed by atoms with Crippen LogP contribution in [0.25, 0.3) is 6.08 Å². The molecule has 102 valence electrons. The highest BCUT2D eigenvalue weighted by Gasteiger charge is 2.21. The molecular weight excluding hydrogens is 248 g/mol. The van der Waals surface area contributed by atoms with Gasteiger partial charge in [-0.3, -0.25) is 4.79 Å². The van der Waals surface area contributed by atoms with E-state index in [9.17, 15) is 9.90 Å². The van der Waals surface area contributed by atoms with Gasteiger partial charge in [0.15, 0.2) is 5.78 Å². The van der Waals surface area contributed by atoms with E-state index in [0.717, 1.165) is 5.56 Å². The van der Waals surface area contributed by atoms with Gasteiger partial charge < -0.3 is 5.11 Å². The molecule has 0 aliphatic carbocycles. The van der Waals surface area contributed by atoms with Gasteiger partial charge in [0.05, 0.1) is 12.0 Å². The highest BCUT2D eigenvalue weighted by molar-refractivity contribution is 5.99. The van der Waals surface area contributed by atoms with E-state index in [1.807, 2.05) is 54.6 Å². The van der Waals surface area contributed by atoms with Gasteiger partial charge >= 0.3 is 0 Å². The summed E-state index contributed by atoms with van der Waals surface area (Å²) in [5, 5.41) is 9.85. The van der Waals surface area contributed by atoms with Crippen LogP contribution < -0.4 is 0 Å². The molecule has 2 unspecified atom stereocenters. The number of aliphatic hydroxyl groups excluding tert-OH is 1. The quantitative estimate of drug-likeness (QED) is 0.840. The van der Waals surface area contributed by atoms with E-state index in [1.54, 1.807) is 25.1 Å². The fourth-order valence-electron chi connectivity index (χ4n) is 2.04. The molecule has 0 heterocycles. The van der Waals surface area contributed by atoms with Crippen LogP contribution in [0.2, 0.25) is 0 Å². The lowest BCUT2D eigenvalue weighted by molar-refractivity contribution is 0.0803. The summed E-state index contributed by atoms with van der Waals surface area (Å²) in [5.74, 6) is -0.592. The van der Waals surface area contributed by atoms with Gasteiger partial charge in [-0.05, 0) is 12.5 Å². The molecule has 0 saturated heterocycles. The Bertz CT molecular complexity index is 571. The van der Waals surface area contributed by atoms with Crippen molar-refractivity contribution >= 4 is 11.9 Å². The van der Waals surface area contributed by atoms with Crippen molar-refractivity contribution in [1.82, 2.24) is 0 Å². The molecule has 2 rings (SSSR count). The molecule has 2 aromatic carbocycles. The standard InChI is InChI=1S/C18H18O2/c1-14(19)17(13-12-15-8-4-2-5-9-15)18(20)16-10-6-3-7-11-16/h2-14,17,19H,1H3/b13-12+. The van der Waals surface area contributed by atoms with Crippen LogP contribution in [0.4, 0.5) is 0 Å². The molecule has 0 saturated carbocycles. The molecule has 2 atom stereocenters. The van der Waals surface area contributed by atoms with Crippen LogP contribution in [-0.4, -0.2) is 17.0 Å². The lowest BCUT2D eigenvalue weighted by atomic mass is 9.92. The summed E-state index contributed by atoms with van der Waals surface area (Å²) >= 11 is 0. The number of hydrogen-bond acceptors (Lipinski definition) is 2. The maximum Gasteiger partial charge on any atom is 0.172 e. The minimum Gasteiger partial charge on any atom is -0.392 e. The van der Waals surface area contributed by atoms with Crippen molar-refractivity contribution in [2.75, 3.05) is 0 Å². The average molecular weight is 266 g/mol. The Morgan fingerprint density at radius 3 is 2.10 bits per heavy atom. The Morgan fingerprint density at radius 2 is 1.55 bits per heavy atom. The summed E-state index contributed by atoms with van der Waals surface area (Å²) in [6.45, 7) is 1.64. The first-order valence-electron chi connectivity index (χ1n) is 6.69. The van der Waals surface area contributed by atoms with E-state index >= 15 is 0 Å². The van der Waals surface area contributed by atoms with E-state index in [1.165, 1.54) is 0 Å². The smallest absolute Gasteiger partial charge is 0.172 e. The van der Waals surface area contributed by atoms with Crippen LogP contribution in [0.3, 0.4) is 0 Å². The van der Waals surface area contributed by atoms with E-state index in [4.69, 9.17) is 0 Å². The summed E-state index contributed by atoms with van der Waals surface area (Å²) in [6.07, 6.45) is 2.93. The van der Waals surface area contributed by atoms with Crippen molar-refractivity contribution in [3.8, 4) is 0 Å². The number of carbonyl (C=O) groups excluding carboxylic acids is 1. The second-order valence-electron chi connectivity index (χ2n) is 4.77. The zero-order valence-electron chi connectivity index (χ0n) is 11.4. The monoisotopic (exact) mass is 266 g/mol. The van der Waals surface area contributed by atoms with Gasteiger partial charge in [-0.25, -0.2) is 0 Å². The Morgan fingerprint density at radius 1 is 1.00 bits per heavy atom. The molecule has 0 spiro atoms. The number of hydrogen-bond donors (Lipinski definition) is 1. The Balaban J connectivity index is 2.20. The van der Waals surface area contributed by atoms with Gasteiger partial charge in [0.1, 0.15) is 0 Å². The summed E-state index contributed by atoms with van der Waals surface area (Å²) in [6, 6.07) is 18.8. The first-order valence-corrected chi connectivity index (χ1v) is 6.69. The van der Waals surface area contributed by atoms with Gasteiger partial charge in [0.25, 0.3) is 0 Å². The van der Waals surface area contributed by atoms with E-state index in [-0.39, 0.29) is 5.78 Å². The molecule has 2 aromatic rings. The Kier molecular flexibility index (Phi) is 4.85. The van der Waals surface area contributed by atoms with Crippen molar-refractivity contribution in [2.24, 2.45) is 5.92 Å². The summed E-state index contributed by atoms with van der Waals surface area (Å²) in [5.41, 5.74) is 1.63. The molecule has 0 aliphatic heterocycles. The number of aliphatic hydroxyl groups is 1. The second-order valence-corrected chi connectivity index (χ2v) is 4.77. The fourth-order valence-corrected chi connectivity index (χ4v) is 2.04. The number of Topliss-reactive ketones (excluding diaryl/α,β-unsaturated/α-hetero) is 1. The molecule has 20 heavy (non-hydrogen) atoms. The molecule has 0 amide bonds. The van der Waals surface area contributed by atoms with Crippen LogP contribution in [-0.2, 0) is 0 Å². The van der Waals surface area contributed by atoms with Gasteiger partial charge in [0.2, 0.25) is 0 Å². The van der Waals surface area contributed by atoms with E-state index < -0.39 is 12.0 Å². The van der Waals surface area contributed by atoms with Gasteiger partial charge in [-0.2, -0.15) is 0 Å². The van der Waals surface area contributed by atoms with E-state index in [2.05, 4.69) is 0 Å². The average Bonchev–Trinajstić information content (AvgIpc) is 2.49. The molecular formula is C18H18O2.